The van der Waals surface area contributed by atoms with E-state index in [0.29, 0.717) is 25.4 Å². The fourth-order valence-electron chi connectivity index (χ4n) is 2.54. The molecule has 2 fully saturated rings. The lowest BCUT2D eigenvalue weighted by molar-refractivity contribution is -0.131. The van der Waals surface area contributed by atoms with Crippen molar-refractivity contribution in [1.29, 1.82) is 0 Å². The molecular weight excluding hydrogens is 252 g/mol. The third-order valence-corrected chi connectivity index (χ3v) is 5.39. The van der Waals surface area contributed by atoms with Crippen molar-refractivity contribution in [1.82, 2.24) is 10.2 Å². The summed E-state index contributed by atoms with van der Waals surface area (Å²) in [6.45, 7) is 2.60. The van der Waals surface area contributed by atoms with Gasteiger partial charge in [-0.25, -0.2) is 13.7 Å². The van der Waals surface area contributed by atoms with Crippen LogP contribution in [0.2, 0.25) is 0 Å². The van der Waals surface area contributed by atoms with E-state index in [9.17, 15) is 13.2 Å². The van der Waals surface area contributed by atoms with Crippen molar-refractivity contribution < 1.29 is 13.2 Å². The molecule has 0 aromatic heterocycles. The molecule has 2 aliphatic heterocycles. The molecule has 2 saturated heterocycles. The highest BCUT2D eigenvalue weighted by Crippen LogP contribution is 2.17. The lowest BCUT2D eigenvalue weighted by Gasteiger charge is -2.28. The molecule has 1 unspecified atom stereocenters. The zero-order valence-corrected chi connectivity index (χ0v) is 11.5. The summed E-state index contributed by atoms with van der Waals surface area (Å²) >= 11 is 0. The molecule has 2 heterocycles. The number of carbonyl (C=O) groups is 1. The number of amides is 1. The van der Waals surface area contributed by atoms with E-state index in [1.807, 2.05) is 0 Å². The van der Waals surface area contributed by atoms with Crippen molar-refractivity contribution in [3.05, 3.63) is 0 Å². The first-order chi connectivity index (χ1) is 8.57. The van der Waals surface area contributed by atoms with Gasteiger partial charge in [0.1, 0.15) is 0 Å². The number of hydrogen-bond acceptors (Lipinski definition) is 3. The number of sulfone groups is 1. The second-order valence-electron chi connectivity index (χ2n) is 5.21. The predicted octanol–water partition coefficient (Wildman–Crippen LogP) is 0.0380. The minimum Gasteiger partial charge on any atom is -0.341 e. The van der Waals surface area contributed by atoms with Crippen molar-refractivity contribution in [3.63, 3.8) is 0 Å². The summed E-state index contributed by atoms with van der Waals surface area (Å²) in [5, 5.41) is 4.36. The van der Waals surface area contributed by atoms with E-state index in [1.165, 1.54) is 6.42 Å². The standard InChI is InChI=1S/C12H21N2O3S/c15-12(4-3-11-2-1-5-13-10-11)14-6-8-18(16,17)9-7-14/h11H,1-10H2. The third-order valence-electron chi connectivity index (χ3n) is 3.78. The summed E-state index contributed by atoms with van der Waals surface area (Å²) in [5.41, 5.74) is 0. The molecule has 103 valence electrons. The van der Waals surface area contributed by atoms with E-state index in [4.69, 9.17) is 0 Å². The summed E-state index contributed by atoms with van der Waals surface area (Å²) in [4.78, 5) is 13.6. The van der Waals surface area contributed by atoms with E-state index in [2.05, 4.69) is 5.32 Å². The maximum Gasteiger partial charge on any atom is 0.222 e. The fourth-order valence-corrected chi connectivity index (χ4v) is 3.74. The second-order valence-corrected chi connectivity index (χ2v) is 7.51. The number of carbonyl (C=O) groups excluding carboxylic acids is 1. The van der Waals surface area contributed by atoms with Gasteiger partial charge in [-0.05, 0) is 25.2 Å². The molecule has 1 atom stereocenters. The Morgan fingerprint density at radius 3 is 2.61 bits per heavy atom. The topological polar surface area (TPSA) is 68.6 Å². The Balaban J connectivity index is 1.71. The largest absolute Gasteiger partial charge is 0.341 e. The van der Waals surface area contributed by atoms with E-state index >= 15 is 0 Å². The monoisotopic (exact) mass is 273 g/mol. The van der Waals surface area contributed by atoms with Gasteiger partial charge in [0, 0.05) is 32.6 Å². The highest BCUT2D eigenvalue weighted by atomic mass is 32.2. The van der Waals surface area contributed by atoms with Crippen molar-refractivity contribution in [2.75, 3.05) is 37.7 Å². The van der Waals surface area contributed by atoms with Gasteiger partial charge in [0.25, 0.3) is 0 Å². The molecule has 18 heavy (non-hydrogen) atoms. The Hall–Kier alpha value is -0.620. The van der Waals surface area contributed by atoms with Gasteiger partial charge >= 0.3 is 0 Å². The lowest BCUT2D eigenvalue weighted by atomic mass is 9.94. The van der Waals surface area contributed by atoms with Crippen LogP contribution in [0.25, 0.3) is 0 Å². The number of rotatable bonds is 3. The number of piperidine rings is 1. The molecule has 2 rings (SSSR count). The molecule has 0 aromatic carbocycles. The van der Waals surface area contributed by atoms with Crippen LogP contribution in [-0.2, 0) is 14.6 Å². The molecule has 5 nitrogen and oxygen atoms in total. The molecule has 0 spiro atoms. The number of nitrogens with zero attached hydrogens (tertiary/aromatic N) is 2. The van der Waals surface area contributed by atoms with Gasteiger partial charge in [0.05, 0.1) is 11.5 Å². The molecule has 0 saturated carbocycles. The average molecular weight is 273 g/mol. The van der Waals surface area contributed by atoms with Crippen LogP contribution in [0.15, 0.2) is 0 Å². The maximum absolute atomic E-state index is 12.0. The summed E-state index contributed by atoms with van der Waals surface area (Å²) in [6, 6.07) is 0. The van der Waals surface area contributed by atoms with Gasteiger partial charge in [0.15, 0.2) is 9.84 Å². The van der Waals surface area contributed by atoms with Crippen LogP contribution in [0.5, 0.6) is 0 Å². The Bertz CT molecular complexity index is 374. The van der Waals surface area contributed by atoms with Crippen LogP contribution in [0.3, 0.4) is 0 Å². The SMILES string of the molecule is O=C(CCC1CCC[N]C1)N1CCS(=O)(=O)CC1. The predicted molar refractivity (Wildman–Crippen MR) is 69.1 cm³/mol. The fraction of sp³-hybridized carbons (Fsp3) is 0.917. The first kappa shape index (κ1) is 13.8. The minimum absolute atomic E-state index is 0.107. The Kier molecular flexibility index (Phi) is 4.61. The zero-order chi connectivity index (χ0) is 13.0. The number of hydrogen-bond donors (Lipinski definition) is 0. The average Bonchev–Trinajstić information content (AvgIpc) is 2.37. The molecule has 0 aliphatic carbocycles. The van der Waals surface area contributed by atoms with E-state index in [0.717, 1.165) is 25.9 Å². The highest BCUT2D eigenvalue weighted by molar-refractivity contribution is 7.91. The molecule has 2 aliphatic rings. The Morgan fingerprint density at radius 1 is 1.28 bits per heavy atom. The second kappa shape index (κ2) is 6.02. The van der Waals surface area contributed by atoms with Crippen LogP contribution in [0.1, 0.15) is 25.7 Å². The van der Waals surface area contributed by atoms with Crippen molar-refractivity contribution in [2.24, 2.45) is 5.92 Å². The van der Waals surface area contributed by atoms with Gasteiger partial charge in [-0.2, -0.15) is 0 Å². The summed E-state index contributed by atoms with van der Waals surface area (Å²) in [5.74, 6) is 0.904. The maximum atomic E-state index is 12.0. The molecule has 6 heteroatoms. The van der Waals surface area contributed by atoms with Gasteiger partial charge in [0.2, 0.25) is 5.91 Å². The lowest BCUT2D eigenvalue weighted by Crippen LogP contribution is -2.43. The zero-order valence-electron chi connectivity index (χ0n) is 10.7. The first-order valence-electron chi connectivity index (χ1n) is 6.68. The van der Waals surface area contributed by atoms with Crippen molar-refractivity contribution in [2.45, 2.75) is 25.7 Å². The van der Waals surface area contributed by atoms with Crippen LogP contribution in [0, 0.1) is 5.92 Å². The molecule has 0 aromatic rings. The minimum atomic E-state index is -2.89. The van der Waals surface area contributed by atoms with Gasteiger partial charge in [-0.3, -0.25) is 4.79 Å². The van der Waals surface area contributed by atoms with E-state index < -0.39 is 9.84 Å². The van der Waals surface area contributed by atoms with Crippen molar-refractivity contribution in [3.8, 4) is 0 Å². The van der Waals surface area contributed by atoms with E-state index in [-0.39, 0.29) is 17.4 Å². The smallest absolute Gasteiger partial charge is 0.222 e. The molecular formula is C12H21N2O3S. The van der Waals surface area contributed by atoms with Crippen LogP contribution in [-0.4, -0.2) is 56.9 Å². The summed E-state index contributed by atoms with van der Waals surface area (Å²) in [7, 11) is -2.89. The molecule has 1 amide bonds. The quantitative estimate of drug-likeness (QED) is 0.729. The normalized spacial score (nSPS) is 28.0. The molecule has 1 radical (unpaired) electrons. The Morgan fingerprint density at radius 2 is 2.00 bits per heavy atom. The Labute approximate surface area is 109 Å². The third kappa shape index (κ3) is 3.95. The van der Waals surface area contributed by atoms with Gasteiger partial charge in [-0.1, -0.05) is 0 Å². The highest BCUT2D eigenvalue weighted by Gasteiger charge is 2.25. The van der Waals surface area contributed by atoms with Gasteiger partial charge in [-0.15, -0.1) is 0 Å². The van der Waals surface area contributed by atoms with Crippen molar-refractivity contribution >= 4 is 15.7 Å². The van der Waals surface area contributed by atoms with E-state index in [1.54, 1.807) is 4.90 Å². The first-order valence-corrected chi connectivity index (χ1v) is 8.50. The van der Waals surface area contributed by atoms with Crippen LogP contribution < -0.4 is 5.32 Å². The molecule has 0 N–H and O–H groups in total. The summed E-state index contributed by atoms with van der Waals surface area (Å²) in [6.07, 6.45) is 3.75. The summed E-state index contributed by atoms with van der Waals surface area (Å²) < 4.78 is 22.5. The van der Waals surface area contributed by atoms with Crippen LogP contribution in [0.4, 0.5) is 0 Å². The molecule has 0 bridgehead atoms. The van der Waals surface area contributed by atoms with Crippen LogP contribution >= 0.6 is 0 Å². The van der Waals surface area contributed by atoms with Gasteiger partial charge < -0.3 is 4.90 Å².